The molecule has 0 unspecified atom stereocenters. The minimum absolute atomic E-state index is 0.326. The van der Waals surface area contributed by atoms with Crippen molar-refractivity contribution in [1.29, 1.82) is 0 Å². The van der Waals surface area contributed by atoms with Crippen LogP contribution in [0, 0.1) is 17.6 Å². The molecule has 0 aliphatic carbocycles. The predicted molar refractivity (Wildman–Crippen MR) is 73.6 cm³/mol. The standard InChI is InChI=1S/C13H8F3N3S/c14-8-2-1-6(3-9(8)15)19-12-7-4-11(16)18-5-10(7)20-13(12)17/h1-5,19H,17H2. The van der Waals surface area contributed by atoms with Crippen LogP contribution in [0.25, 0.3) is 10.1 Å². The van der Waals surface area contributed by atoms with Gasteiger partial charge in [0.25, 0.3) is 0 Å². The first kappa shape index (κ1) is 12.7. The molecule has 2 heterocycles. The number of aromatic nitrogens is 1. The van der Waals surface area contributed by atoms with Crippen molar-refractivity contribution in [2.45, 2.75) is 0 Å². The second kappa shape index (κ2) is 4.68. The van der Waals surface area contributed by atoms with Crippen molar-refractivity contribution >= 4 is 37.8 Å². The summed E-state index contributed by atoms with van der Waals surface area (Å²) < 4.78 is 40.0. The Bertz CT molecular complexity index is 801. The van der Waals surface area contributed by atoms with E-state index in [0.717, 1.165) is 12.1 Å². The molecule has 0 amide bonds. The maximum atomic E-state index is 13.2. The summed E-state index contributed by atoms with van der Waals surface area (Å²) >= 11 is 1.23. The molecule has 102 valence electrons. The van der Waals surface area contributed by atoms with Crippen molar-refractivity contribution in [3.05, 3.63) is 48.0 Å². The smallest absolute Gasteiger partial charge is 0.213 e. The molecule has 0 fully saturated rings. The fourth-order valence-corrected chi connectivity index (χ4v) is 2.72. The van der Waals surface area contributed by atoms with Crippen LogP contribution in [0.1, 0.15) is 0 Å². The van der Waals surface area contributed by atoms with E-state index < -0.39 is 17.6 Å². The molecule has 20 heavy (non-hydrogen) atoms. The summed E-state index contributed by atoms with van der Waals surface area (Å²) in [5.74, 6) is -2.54. The van der Waals surface area contributed by atoms with Gasteiger partial charge in [-0.1, -0.05) is 0 Å². The van der Waals surface area contributed by atoms with Gasteiger partial charge in [-0.15, -0.1) is 11.3 Å². The Labute approximate surface area is 115 Å². The summed E-state index contributed by atoms with van der Waals surface area (Å²) in [6.07, 6.45) is 1.38. The lowest BCUT2D eigenvalue weighted by Crippen LogP contribution is -1.95. The van der Waals surface area contributed by atoms with Crippen LogP contribution in [0.2, 0.25) is 0 Å². The summed E-state index contributed by atoms with van der Waals surface area (Å²) in [6, 6.07) is 4.63. The minimum Gasteiger partial charge on any atom is -0.389 e. The number of pyridine rings is 1. The van der Waals surface area contributed by atoms with E-state index in [1.807, 2.05) is 0 Å². The summed E-state index contributed by atoms with van der Waals surface area (Å²) in [4.78, 5) is 3.55. The average molecular weight is 295 g/mol. The number of hydrogen-bond acceptors (Lipinski definition) is 4. The lowest BCUT2D eigenvalue weighted by atomic mass is 10.2. The van der Waals surface area contributed by atoms with Crippen molar-refractivity contribution in [3.8, 4) is 0 Å². The van der Waals surface area contributed by atoms with Gasteiger partial charge in [0.2, 0.25) is 5.95 Å². The Morgan fingerprint density at radius 2 is 1.90 bits per heavy atom. The molecule has 7 heteroatoms. The van der Waals surface area contributed by atoms with E-state index in [1.165, 1.54) is 29.7 Å². The molecule has 2 aromatic heterocycles. The van der Waals surface area contributed by atoms with Crippen LogP contribution in [-0.4, -0.2) is 4.98 Å². The fraction of sp³-hybridized carbons (Fsp3) is 0. The van der Waals surface area contributed by atoms with Crippen LogP contribution in [0.5, 0.6) is 0 Å². The van der Waals surface area contributed by atoms with Gasteiger partial charge in [-0.25, -0.2) is 13.8 Å². The van der Waals surface area contributed by atoms with Gasteiger partial charge in [0.05, 0.1) is 10.4 Å². The number of nitrogens with two attached hydrogens (primary N) is 1. The second-order valence-electron chi connectivity index (χ2n) is 4.10. The second-order valence-corrected chi connectivity index (χ2v) is 5.18. The third-order valence-corrected chi connectivity index (χ3v) is 3.73. The zero-order chi connectivity index (χ0) is 14.3. The summed E-state index contributed by atoms with van der Waals surface area (Å²) in [6.45, 7) is 0. The van der Waals surface area contributed by atoms with Gasteiger partial charge in [0.15, 0.2) is 11.6 Å². The quantitative estimate of drug-likeness (QED) is 0.702. The largest absolute Gasteiger partial charge is 0.389 e. The number of nitrogen functional groups attached to an aromatic ring is 1. The van der Waals surface area contributed by atoms with Crippen molar-refractivity contribution in [1.82, 2.24) is 4.98 Å². The summed E-state index contributed by atoms with van der Waals surface area (Å²) in [7, 11) is 0. The highest BCUT2D eigenvalue weighted by molar-refractivity contribution is 7.23. The highest BCUT2D eigenvalue weighted by Gasteiger charge is 2.12. The molecule has 0 aliphatic rings. The molecule has 0 radical (unpaired) electrons. The highest BCUT2D eigenvalue weighted by Crippen LogP contribution is 2.39. The Kier molecular flexibility index (Phi) is 2.98. The Morgan fingerprint density at radius 1 is 1.10 bits per heavy atom. The first-order valence-corrected chi connectivity index (χ1v) is 6.42. The first-order chi connectivity index (χ1) is 9.54. The maximum absolute atomic E-state index is 13.2. The van der Waals surface area contributed by atoms with Crippen molar-refractivity contribution in [3.63, 3.8) is 0 Å². The number of rotatable bonds is 2. The number of benzene rings is 1. The van der Waals surface area contributed by atoms with Crippen molar-refractivity contribution < 1.29 is 13.2 Å². The van der Waals surface area contributed by atoms with Gasteiger partial charge >= 0.3 is 0 Å². The number of fused-ring (bicyclic) bond motifs is 1. The Hall–Kier alpha value is -2.28. The molecule has 3 nitrogen and oxygen atoms in total. The lowest BCUT2D eigenvalue weighted by molar-refractivity contribution is 0.509. The lowest BCUT2D eigenvalue weighted by Gasteiger charge is -2.07. The van der Waals surface area contributed by atoms with Crippen LogP contribution in [-0.2, 0) is 0 Å². The third-order valence-electron chi connectivity index (χ3n) is 2.76. The monoisotopic (exact) mass is 295 g/mol. The summed E-state index contributed by atoms with van der Waals surface area (Å²) in [5, 5.41) is 3.83. The first-order valence-electron chi connectivity index (χ1n) is 5.60. The van der Waals surface area contributed by atoms with Gasteiger partial charge in [0, 0.05) is 29.4 Å². The fourth-order valence-electron chi connectivity index (χ4n) is 1.84. The van der Waals surface area contributed by atoms with Gasteiger partial charge in [0.1, 0.15) is 5.00 Å². The van der Waals surface area contributed by atoms with E-state index in [1.54, 1.807) is 0 Å². The van der Waals surface area contributed by atoms with Crippen LogP contribution < -0.4 is 11.1 Å². The zero-order valence-electron chi connectivity index (χ0n) is 9.95. The van der Waals surface area contributed by atoms with Gasteiger partial charge in [-0.05, 0) is 12.1 Å². The normalized spacial score (nSPS) is 10.9. The molecular weight excluding hydrogens is 287 g/mol. The summed E-state index contributed by atoms with van der Waals surface area (Å²) in [5.41, 5.74) is 6.64. The van der Waals surface area contributed by atoms with E-state index in [4.69, 9.17) is 5.73 Å². The number of anilines is 3. The predicted octanol–water partition coefficient (Wildman–Crippen LogP) is 4.04. The van der Waals surface area contributed by atoms with Crippen LogP contribution in [0.4, 0.5) is 29.5 Å². The number of nitrogens with zero attached hydrogens (tertiary/aromatic N) is 1. The highest BCUT2D eigenvalue weighted by atomic mass is 32.1. The number of thiophene rings is 1. The molecule has 0 saturated carbocycles. The van der Waals surface area contributed by atoms with Gasteiger partial charge in [-0.2, -0.15) is 4.39 Å². The van der Waals surface area contributed by atoms with Crippen molar-refractivity contribution in [2.24, 2.45) is 0 Å². The SMILES string of the molecule is Nc1sc2cnc(F)cc2c1Nc1ccc(F)c(F)c1. The zero-order valence-corrected chi connectivity index (χ0v) is 10.8. The molecule has 0 spiro atoms. The number of halogens is 3. The average Bonchev–Trinajstić information content (AvgIpc) is 2.70. The Balaban J connectivity index is 2.07. The van der Waals surface area contributed by atoms with Crippen LogP contribution in [0.3, 0.4) is 0 Å². The third kappa shape index (κ3) is 2.16. The van der Waals surface area contributed by atoms with E-state index in [2.05, 4.69) is 10.3 Å². The van der Waals surface area contributed by atoms with Gasteiger partial charge in [-0.3, -0.25) is 0 Å². The van der Waals surface area contributed by atoms with E-state index in [-0.39, 0.29) is 0 Å². The molecule has 0 saturated heterocycles. The van der Waals surface area contributed by atoms with Crippen LogP contribution in [0.15, 0.2) is 30.5 Å². The Morgan fingerprint density at radius 3 is 2.65 bits per heavy atom. The van der Waals surface area contributed by atoms with E-state index in [0.29, 0.717) is 26.5 Å². The molecule has 0 atom stereocenters. The number of hydrogen-bond donors (Lipinski definition) is 2. The van der Waals surface area contributed by atoms with Crippen LogP contribution >= 0.6 is 11.3 Å². The molecule has 3 rings (SSSR count). The molecular formula is C13H8F3N3S. The molecule has 1 aromatic carbocycles. The topological polar surface area (TPSA) is 50.9 Å². The van der Waals surface area contributed by atoms with E-state index in [9.17, 15) is 13.2 Å². The van der Waals surface area contributed by atoms with Gasteiger partial charge < -0.3 is 11.1 Å². The molecule has 0 aliphatic heterocycles. The molecule has 3 N–H and O–H groups in total. The minimum atomic E-state index is -0.971. The number of nitrogens with one attached hydrogen (secondary N) is 1. The van der Waals surface area contributed by atoms with E-state index >= 15 is 0 Å². The molecule has 0 bridgehead atoms. The maximum Gasteiger partial charge on any atom is 0.213 e. The van der Waals surface area contributed by atoms with Crippen molar-refractivity contribution in [2.75, 3.05) is 11.1 Å². The molecule has 3 aromatic rings.